The van der Waals surface area contributed by atoms with Gasteiger partial charge in [-0.1, -0.05) is 30.5 Å². The zero-order chi connectivity index (χ0) is 14.1. The zero-order valence-corrected chi connectivity index (χ0v) is 12.9. The van der Waals surface area contributed by atoms with Crippen molar-refractivity contribution in [2.75, 3.05) is 11.4 Å². The zero-order valence-electron chi connectivity index (χ0n) is 12.2. The molecule has 0 bridgehead atoms. The molecule has 2 unspecified atom stereocenters. The van der Waals surface area contributed by atoms with E-state index >= 15 is 0 Å². The maximum atomic E-state index is 9.69. The molecule has 2 nitrogen and oxygen atoms in total. The molecule has 110 valence electrons. The van der Waals surface area contributed by atoms with E-state index in [0.717, 1.165) is 18.0 Å². The average Bonchev–Trinajstić information content (AvgIpc) is 3.09. The summed E-state index contributed by atoms with van der Waals surface area (Å²) >= 11 is 6.32. The molecule has 1 aliphatic heterocycles. The Kier molecular flexibility index (Phi) is 4.23. The van der Waals surface area contributed by atoms with Crippen LogP contribution >= 0.6 is 11.6 Å². The molecule has 20 heavy (non-hydrogen) atoms. The Labute approximate surface area is 126 Å². The Morgan fingerprint density at radius 3 is 2.60 bits per heavy atom. The van der Waals surface area contributed by atoms with E-state index in [2.05, 4.69) is 11.0 Å². The summed E-state index contributed by atoms with van der Waals surface area (Å²) < 4.78 is 0. The van der Waals surface area contributed by atoms with E-state index in [1.807, 2.05) is 12.1 Å². The third-order valence-electron chi connectivity index (χ3n) is 5.01. The highest BCUT2D eigenvalue weighted by Crippen LogP contribution is 2.39. The summed E-state index contributed by atoms with van der Waals surface area (Å²) in [4.78, 5) is 2.55. The van der Waals surface area contributed by atoms with E-state index in [4.69, 9.17) is 11.6 Å². The predicted molar refractivity (Wildman–Crippen MR) is 84.4 cm³/mol. The van der Waals surface area contributed by atoms with Crippen molar-refractivity contribution in [3.63, 3.8) is 0 Å². The summed E-state index contributed by atoms with van der Waals surface area (Å²) in [5.74, 6) is 0.868. The van der Waals surface area contributed by atoms with Crippen LogP contribution in [0, 0.1) is 5.92 Å². The van der Waals surface area contributed by atoms with Gasteiger partial charge in [-0.2, -0.15) is 0 Å². The second-order valence-corrected chi connectivity index (χ2v) is 6.74. The van der Waals surface area contributed by atoms with Crippen LogP contribution in [0.1, 0.15) is 57.1 Å². The van der Waals surface area contributed by atoms with Gasteiger partial charge in [0.05, 0.1) is 6.10 Å². The average molecular weight is 294 g/mol. The van der Waals surface area contributed by atoms with Gasteiger partial charge in [-0.15, -0.1) is 0 Å². The van der Waals surface area contributed by atoms with Crippen molar-refractivity contribution < 1.29 is 5.11 Å². The number of aliphatic hydroxyl groups excluding tert-OH is 1. The number of halogens is 1. The van der Waals surface area contributed by atoms with Crippen LogP contribution in [0.4, 0.5) is 5.69 Å². The number of benzene rings is 1. The van der Waals surface area contributed by atoms with Gasteiger partial charge < -0.3 is 10.0 Å². The molecule has 3 heteroatoms. The van der Waals surface area contributed by atoms with Crippen molar-refractivity contribution in [3.05, 3.63) is 28.8 Å². The molecule has 2 aliphatic rings. The molecule has 0 radical (unpaired) electrons. The molecule has 1 heterocycles. The monoisotopic (exact) mass is 293 g/mol. The number of rotatable bonds is 3. The number of hydrogen-bond acceptors (Lipinski definition) is 2. The molecule has 1 aromatic rings. The van der Waals surface area contributed by atoms with Gasteiger partial charge in [-0.05, 0) is 56.2 Å². The number of hydrogen-bond donors (Lipinski definition) is 1. The lowest BCUT2D eigenvalue weighted by Crippen LogP contribution is -2.34. The van der Waals surface area contributed by atoms with Gasteiger partial charge in [0, 0.05) is 23.3 Å². The first-order chi connectivity index (χ1) is 9.66. The minimum atomic E-state index is -0.499. The fourth-order valence-corrected chi connectivity index (χ4v) is 4.31. The van der Waals surface area contributed by atoms with E-state index in [-0.39, 0.29) is 0 Å². The van der Waals surface area contributed by atoms with Crippen LogP contribution in [0.2, 0.25) is 5.02 Å². The number of anilines is 1. The normalized spacial score (nSPS) is 25.4. The van der Waals surface area contributed by atoms with E-state index in [9.17, 15) is 5.11 Å². The summed E-state index contributed by atoms with van der Waals surface area (Å²) in [6.45, 7) is 2.91. The molecule has 2 fully saturated rings. The molecule has 1 N–H and O–H groups in total. The van der Waals surface area contributed by atoms with E-state index in [0.29, 0.717) is 11.1 Å². The fraction of sp³-hybridized carbons (Fsp3) is 0.647. The van der Waals surface area contributed by atoms with E-state index in [1.165, 1.54) is 44.2 Å². The minimum absolute atomic E-state index is 0.499. The van der Waals surface area contributed by atoms with E-state index < -0.39 is 6.10 Å². The van der Waals surface area contributed by atoms with Gasteiger partial charge in [-0.3, -0.25) is 0 Å². The standard InChI is InChI=1S/C17H24ClNO/c1-12(20)15-9-8-14(11-16(15)18)19-10-4-7-17(19)13-5-2-3-6-13/h8-9,11-13,17,20H,2-7,10H2,1H3. The third kappa shape index (κ3) is 2.68. The number of aliphatic hydroxyl groups is 1. The van der Waals surface area contributed by atoms with Crippen molar-refractivity contribution >= 4 is 17.3 Å². The van der Waals surface area contributed by atoms with Gasteiger partial charge in [0.25, 0.3) is 0 Å². The lowest BCUT2D eigenvalue weighted by molar-refractivity contribution is 0.199. The summed E-state index contributed by atoms with van der Waals surface area (Å²) in [7, 11) is 0. The molecular formula is C17H24ClNO. The predicted octanol–water partition coefficient (Wildman–Crippen LogP) is 4.55. The molecule has 1 aromatic carbocycles. The van der Waals surface area contributed by atoms with E-state index in [1.54, 1.807) is 6.92 Å². The first kappa shape index (κ1) is 14.2. The molecule has 3 rings (SSSR count). The van der Waals surface area contributed by atoms with Gasteiger partial charge >= 0.3 is 0 Å². The Hall–Kier alpha value is -0.730. The van der Waals surface area contributed by atoms with Crippen molar-refractivity contribution in [1.29, 1.82) is 0 Å². The number of nitrogens with zero attached hydrogens (tertiary/aromatic N) is 1. The van der Waals surface area contributed by atoms with Crippen molar-refractivity contribution in [3.8, 4) is 0 Å². The highest BCUT2D eigenvalue weighted by atomic mass is 35.5. The maximum absolute atomic E-state index is 9.69. The molecule has 0 amide bonds. The molecule has 0 aromatic heterocycles. The maximum Gasteiger partial charge on any atom is 0.0776 e. The highest BCUT2D eigenvalue weighted by molar-refractivity contribution is 6.31. The highest BCUT2D eigenvalue weighted by Gasteiger charge is 2.33. The van der Waals surface area contributed by atoms with Gasteiger partial charge in [-0.25, -0.2) is 0 Å². The topological polar surface area (TPSA) is 23.5 Å². The largest absolute Gasteiger partial charge is 0.389 e. The molecule has 1 aliphatic carbocycles. The van der Waals surface area contributed by atoms with Crippen LogP contribution in [0.15, 0.2) is 18.2 Å². The van der Waals surface area contributed by atoms with Crippen LogP contribution < -0.4 is 4.90 Å². The summed E-state index contributed by atoms with van der Waals surface area (Å²) in [5, 5.41) is 10.4. The summed E-state index contributed by atoms with van der Waals surface area (Å²) in [6, 6.07) is 6.84. The van der Waals surface area contributed by atoms with Crippen LogP contribution in [0.3, 0.4) is 0 Å². The second-order valence-electron chi connectivity index (χ2n) is 6.33. The van der Waals surface area contributed by atoms with Crippen LogP contribution in [0.5, 0.6) is 0 Å². The fourth-order valence-electron chi connectivity index (χ4n) is 3.98. The van der Waals surface area contributed by atoms with Gasteiger partial charge in [0.1, 0.15) is 0 Å². The molecule has 0 spiro atoms. The van der Waals surface area contributed by atoms with Crippen molar-refractivity contribution in [2.24, 2.45) is 5.92 Å². The lowest BCUT2D eigenvalue weighted by atomic mass is 9.95. The molecular weight excluding hydrogens is 270 g/mol. The minimum Gasteiger partial charge on any atom is -0.389 e. The Morgan fingerprint density at radius 1 is 1.20 bits per heavy atom. The third-order valence-corrected chi connectivity index (χ3v) is 5.34. The molecule has 1 saturated heterocycles. The lowest BCUT2D eigenvalue weighted by Gasteiger charge is -2.31. The summed E-state index contributed by atoms with van der Waals surface area (Å²) in [5.41, 5.74) is 2.06. The summed E-state index contributed by atoms with van der Waals surface area (Å²) in [6.07, 6.45) is 7.69. The molecule has 2 atom stereocenters. The van der Waals surface area contributed by atoms with Crippen molar-refractivity contribution in [1.82, 2.24) is 0 Å². The van der Waals surface area contributed by atoms with Gasteiger partial charge in [0.15, 0.2) is 0 Å². The SMILES string of the molecule is CC(O)c1ccc(N2CCCC2C2CCCC2)cc1Cl. The van der Waals surface area contributed by atoms with Crippen molar-refractivity contribution in [2.45, 2.75) is 57.6 Å². The Morgan fingerprint density at radius 2 is 1.95 bits per heavy atom. The van der Waals surface area contributed by atoms with Crippen LogP contribution in [-0.2, 0) is 0 Å². The quantitative estimate of drug-likeness (QED) is 0.883. The smallest absolute Gasteiger partial charge is 0.0776 e. The van der Waals surface area contributed by atoms with Gasteiger partial charge in [0.2, 0.25) is 0 Å². The Balaban J connectivity index is 1.82. The molecule has 1 saturated carbocycles. The van der Waals surface area contributed by atoms with Crippen LogP contribution in [-0.4, -0.2) is 17.7 Å². The first-order valence-corrected chi connectivity index (χ1v) is 8.29. The second kappa shape index (κ2) is 5.95. The Bertz CT molecular complexity index is 468. The first-order valence-electron chi connectivity index (χ1n) is 7.91. The van der Waals surface area contributed by atoms with Crippen LogP contribution in [0.25, 0.3) is 0 Å².